The molecule has 9 heteroatoms. The maximum Gasteiger partial charge on any atom is 0.425 e. The maximum atomic E-state index is 12.0. The highest BCUT2D eigenvalue weighted by molar-refractivity contribution is 9.10. The molecule has 2 amide bonds. The molecule has 108 valence electrons. The zero-order valence-corrected chi connectivity index (χ0v) is 13.1. The van der Waals surface area contributed by atoms with Gasteiger partial charge in [0.25, 0.3) is 5.91 Å². The molecule has 0 bridgehead atoms. The van der Waals surface area contributed by atoms with Crippen LogP contribution in [0, 0.1) is 0 Å². The number of methoxy groups -OCH3 is 2. The van der Waals surface area contributed by atoms with E-state index in [0.717, 1.165) is 4.47 Å². The van der Waals surface area contributed by atoms with Crippen LogP contribution in [0.2, 0.25) is 0 Å². The highest BCUT2D eigenvalue weighted by Gasteiger charge is 2.14. The lowest BCUT2D eigenvalue weighted by atomic mass is 10.2. The molecule has 0 aliphatic carbocycles. The monoisotopic (exact) mass is 361 g/mol. The van der Waals surface area contributed by atoms with Crippen molar-refractivity contribution in [3.8, 4) is 5.75 Å². The average molecular weight is 362 g/mol. The normalized spacial score (nSPS) is 9.35. The van der Waals surface area contributed by atoms with E-state index in [1.165, 1.54) is 14.2 Å². The number of thiocarbonyl (C=S) groups is 1. The van der Waals surface area contributed by atoms with Crippen LogP contribution in [0.5, 0.6) is 5.75 Å². The van der Waals surface area contributed by atoms with Gasteiger partial charge in [0.15, 0.2) is 5.11 Å². The largest absolute Gasteiger partial charge is 0.496 e. The zero-order chi connectivity index (χ0) is 15.1. The highest BCUT2D eigenvalue weighted by Crippen LogP contribution is 2.22. The van der Waals surface area contributed by atoms with Gasteiger partial charge in [-0.05, 0) is 30.4 Å². The Morgan fingerprint density at radius 3 is 2.55 bits per heavy atom. The van der Waals surface area contributed by atoms with Gasteiger partial charge in [0.1, 0.15) is 5.75 Å². The standard InChI is InChI=1S/C11H12BrN3O4S/c1-18-8-4-3-6(12)5-7(8)9(16)13-10(20)14-15-11(17)19-2/h3-5H,1-2H3,(H,15,17)(H2,13,14,16,20). The third kappa shape index (κ3) is 4.67. The molecule has 0 unspecified atom stereocenters. The number of ether oxygens (including phenoxy) is 2. The fourth-order valence-electron chi connectivity index (χ4n) is 1.22. The summed E-state index contributed by atoms with van der Waals surface area (Å²) in [7, 11) is 2.65. The maximum absolute atomic E-state index is 12.0. The van der Waals surface area contributed by atoms with Crippen molar-refractivity contribution in [2.45, 2.75) is 0 Å². The minimum absolute atomic E-state index is 0.0811. The van der Waals surface area contributed by atoms with Gasteiger partial charge in [0, 0.05) is 4.47 Å². The van der Waals surface area contributed by atoms with Crippen LogP contribution in [-0.2, 0) is 4.74 Å². The summed E-state index contributed by atoms with van der Waals surface area (Å²) in [5.74, 6) is -0.0817. The Balaban J connectivity index is 2.69. The second-order valence-corrected chi connectivity index (χ2v) is 4.69. The van der Waals surface area contributed by atoms with Crippen LogP contribution in [0.1, 0.15) is 10.4 Å². The molecule has 0 saturated heterocycles. The van der Waals surface area contributed by atoms with Crippen LogP contribution in [0.4, 0.5) is 4.79 Å². The number of amides is 2. The topological polar surface area (TPSA) is 88.7 Å². The molecule has 0 aromatic heterocycles. The summed E-state index contributed by atoms with van der Waals surface area (Å²) in [5.41, 5.74) is 4.73. The van der Waals surface area contributed by atoms with Gasteiger partial charge in [-0.1, -0.05) is 15.9 Å². The fourth-order valence-corrected chi connectivity index (χ4v) is 1.72. The molecule has 3 N–H and O–H groups in total. The minimum atomic E-state index is -0.735. The van der Waals surface area contributed by atoms with Crippen LogP contribution >= 0.6 is 28.1 Å². The Kier molecular flexibility index (Phi) is 6.19. The molecule has 20 heavy (non-hydrogen) atoms. The third-order valence-corrected chi connectivity index (χ3v) is 2.79. The molecule has 1 aromatic rings. The van der Waals surface area contributed by atoms with Crippen LogP contribution in [0.3, 0.4) is 0 Å². The van der Waals surface area contributed by atoms with Gasteiger partial charge in [-0.2, -0.15) is 0 Å². The van der Waals surface area contributed by atoms with E-state index in [-0.39, 0.29) is 5.11 Å². The lowest BCUT2D eigenvalue weighted by molar-refractivity contribution is 0.0972. The lowest BCUT2D eigenvalue weighted by Crippen LogP contribution is -2.48. The first-order valence-corrected chi connectivity index (χ1v) is 6.47. The average Bonchev–Trinajstić information content (AvgIpc) is 2.44. The van der Waals surface area contributed by atoms with Crippen molar-refractivity contribution < 1.29 is 19.1 Å². The van der Waals surface area contributed by atoms with Crippen LogP contribution in [-0.4, -0.2) is 31.3 Å². The smallest absolute Gasteiger partial charge is 0.425 e. The first-order chi connectivity index (χ1) is 9.47. The molecule has 1 aromatic carbocycles. The van der Waals surface area contributed by atoms with Crippen LogP contribution in [0.15, 0.2) is 22.7 Å². The fraction of sp³-hybridized carbons (Fsp3) is 0.182. The number of benzene rings is 1. The van der Waals surface area contributed by atoms with E-state index < -0.39 is 12.0 Å². The van der Waals surface area contributed by atoms with E-state index >= 15 is 0 Å². The molecule has 0 radical (unpaired) electrons. The molecule has 0 spiro atoms. The SMILES string of the molecule is COC(=O)NNC(=S)NC(=O)c1cc(Br)ccc1OC. The molecule has 1 rings (SSSR count). The van der Waals surface area contributed by atoms with E-state index in [2.05, 4.69) is 36.8 Å². The van der Waals surface area contributed by atoms with E-state index in [1.807, 2.05) is 0 Å². The van der Waals surface area contributed by atoms with Gasteiger partial charge in [0.2, 0.25) is 0 Å². The Morgan fingerprint density at radius 1 is 1.25 bits per heavy atom. The molecule has 0 heterocycles. The Hall–Kier alpha value is -1.87. The molecule has 0 atom stereocenters. The van der Waals surface area contributed by atoms with Crippen molar-refractivity contribution in [3.05, 3.63) is 28.2 Å². The first-order valence-electron chi connectivity index (χ1n) is 5.26. The van der Waals surface area contributed by atoms with E-state index in [1.54, 1.807) is 18.2 Å². The molecule has 7 nitrogen and oxygen atoms in total. The predicted molar refractivity (Wildman–Crippen MR) is 79.4 cm³/mol. The van der Waals surface area contributed by atoms with E-state index in [0.29, 0.717) is 11.3 Å². The van der Waals surface area contributed by atoms with Crippen LogP contribution in [0.25, 0.3) is 0 Å². The minimum Gasteiger partial charge on any atom is -0.496 e. The summed E-state index contributed by atoms with van der Waals surface area (Å²) >= 11 is 8.10. The summed E-state index contributed by atoms with van der Waals surface area (Å²) in [6.07, 6.45) is -0.735. The second-order valence-electron chi connectivity index (χ2n) is 3.37. The van der Waals surface area contributed by atoms with Gasteiger partial charge in [-0.25, -0.2) is 10.2 Å². The molecule has 0 saturated carbocycles. The van der Waals surface area contributed by atoms with Gasteiger partial charge < -0.3 is 9.47 Å². The Bertz CT molecular complexity index is 538. The summed E-state index contributed by atoms with van der Waals surface area (Å²) in [4.78, 5) is 22.8. The van der Waals surface area contributed by atoms with Crippen LogP contribution < -0.4 is 20.9 Å². The number of hydrogen-bond donors (Lipinski definition) is 3. The summed E-state index contributed by atoms with van der Waals surface area (Å²) in [6.45, 7) is 0. The molecule has 0 aliphatic heterocycles. The molecule has 0 fully saturated rings. The molecule has 0 aliphatic rings. The summed E-state index contributed by atoms with van der Waals surface area (Å²) in [5, 5.41) is 2.31. The molecular weight excluding hydrogens is 350 g/mol. The predicted octanol–water partition coefficient (Wildman–Crippen LogP) is 1.33. The number of carbonyl (C=O) groups is 2. The Morgan fingerprint density at radius 2 is 1.95 bits per heavy atom. The highest BCUT2D eigenvalue weighted by atomic mass is 79.9. The number of hydrogen-bond acceptors (Lipinski definition) is 5. The summed E-state index contributed by atoms with van der Waals surface area (Å²) < 4.78 is 10.1. The zero-order valence-electron chi connectivity index (χ0n) is 10.7. The first kappa shape index (κ1) is 16.2. The van der Waals surface area contributed by atoms with E-state index in [4.69, 9.17) is 17.0 Å². The van der Waals surface area contributed by atoms with Crippen molar-refractivity contribution in [1.82, 2.24) is 16.2 Å². The van der Waals surface area contributed by atoms with Crippen molar-refractivity contribution >= 4 is 45.3 Å². The lowest BCUT2D eigenvalue weighted by Gasteiger charge is -2.12. The number of nitrogens with one attached hydrogen (secondary N) is 3. The van der Waals surface area contributed by atoms with Gasteiger partial charge >= 0.3 is 6.09 Å². The van der Waals surface area contributed by atoms with Gasteiger partial charge in [0.05, 0.1) is 19.8 Å². The quantitative estimate of drug-likeness (QED) is 0.544. The van der Waals surface area contributed by atoms with Crippen molar-refractivity contribution in [2.75, 3.05) is 14.2 Å². The van der Waals surface area contributed by atoms with Crippen molar-refractivity contribution in [1.29, 1.82) is 0 Å². The number of hydrazine groups is 1. The third-order valence-electron chi connectivity index (χ3n) is 2.10. The van der Waals surface area contributed by atoms with Crippen molar-refractivity contribution in [3.63, 3.8) is 0 Å². The number of halogens is 1. The van der Waals surface area contributed by atoms with Crippen molar-refractivity contribution in [2.24, 2.45) is 0 Å². The second kappa shape index (κ2) is 7.65. The molecular formula is C11H12BrN3O4S. The van der Waals surface area contributed by atoms with Gasteiger partial charge in [-0.3, -0.25) is 15.5 Å². The van der Waals surface area contributed by atoms with E-state index in [9.17, 15) is 9.59 Å². The van der Waals surface area contributed by atoms with Gasteiger partial charge in [-0.15, -0.1) is 0 Å². The Labute approximate surface area is 129 Å². The number of carbonyl (C=O) groups excluding carboxylic acids is 2. The number of rotatable bonds is 2. The summed E-state index contributed by atoms with van der Waals surface area (Å²) in [6, 6.07) is 4.97.